The van der Waals surface area contributed by atoms with Crippen molar-refractivity contribution < 1.29 is 17.6 Å². The molecule has 1 aliphatic heterocycles. The van der Waals surface area contributed by atoms with E-state index in [1.807, 2.05) is 42.5 Å². The summed E-state index contributed by atoms with van der Waals surface area (Å²) >= 11 is 0. The van der Waals surface area contributed by atoms with Crippen molar-refractivity contribution in [3.8, 4) is 28.9 Å². The Morgan fingerprint density at radius 2 is 1.82 bits per heavy atom. The van der Waals surface area contributed by atoms with Crippen LogP contribution in [0.5, 0.6) is 0 Å². The minimum absolute atomic E-state index is 0.102. The first-order chi connectivity index (χ1) is 18.9. The van der Waals surface area contributed by atoms with Crippen LogP contribution in [0.3, 0.4) is 0 Å². The minimum Gasteiger partial charge on any atom is -0.439 e. The van der Waals surface area contributed by atoms with Crippen molar-refractivity contribution in [2.45, 2.75) is 50.0 Å². The maximum absolute atomic E-state index is 13.5. The average Bonchev–Trinajstić information content (AvgIpc) is 3.60. The summed E-state index contributed by atoms with van der Waals surface area (Å²) in [6.07, 6.45) is 6.43. The number of rotatable bonds is 6. The molecule has 0 radical (unpaired) electrons. The van der Waals surface area contributed by atoms with E-state index in [9.17, 15) is 18.5 Å². The number of benzene rings is 1. The molecule has 1 saturated heterocycles. The summed E-state index contributed by atoms with van der Waals surface area (Å²) in [5, 5.41) is 12.6. The van der Waals surface area contributed by atoms with Gasteiger partial charge in [0.2, 0.25) is 11.8 Å². The fourth-order valence-corrected chi connectivity index (χ4v) is 6.96. The van der Waals surface area contributed by atoms with Crippen molar-refractivity contribution in [3.63, 3.8) is 0 Å². The van der Waals surface area contributed by atoms with Crippen LogP contribution in [0, 0.1) is 17.2 Å². The number of pyridine rings is 1. The Kier molecular flexibility index (Phi) is 6.63. The second-order valence-corrected chi connectivity index (χ2v) is 13.1. The molecule has 0 unspecified atom stereocenters. The number of carbonyl (C=O) groups excluding carboxylic acids is 1. The Morgan fingerprint density at radius 3 is 2.54 bits per heavy atom. The smallest absolute Gasteiger partial charge is 0.245 e. The first-order valence-corrected chi connectivity index (χ1v) is 15.4. The highest BCUT2D eigenvalue weighted by Crippen LogP contribution is 2.46. The SMILES string of the molecule is N#CC1(NC(=O)[C@@H]2CCCC[C@H]2c2oc(-c3ccccn3)nc2-c2ccccc2N2CCS(=O)(=O)CC2)CC1. The molecule has 0 bridgehead atoms. The molecule has 1 N–H and O–H groups in total. The number of nitrogens with zero attached hydrogens (tertiary/aromatic N) is 4. The highest BCUT2D eigenvalue weighted by Gasteiger charge is 2.47. The Hall–Kier alpha value is -3.71. The normalized spacial score (nSPS) is 23.5. The maximum atomic E-state index is 13.5. The van der Waals surface area contributed by atoms with Gasteiger partial charge in [0.05, 0.1) is 17.6 Å². The number of sulfone groups is 1. The lowest BCUT2D eigenvalue weighted by atomic mass is 9.76. The van der Waals surface area contributed by atoms with Crippen molar-refractivity contribution >= 4 is 21.4 Å². The molecule has 3 aromatic rings. The third-order valence-corrected chi connectivity index (χ3v) is 9.76. The molecule has 10 heteroatoms. The van der Waals surface area contributed by atoms with Crippen molar-refractivity contribution in [2.24, 2.45) is 5.92 Å². The van der Waals surface area contributed by atoms with Crippen LogP contribution in [0.2, 0.25) is 0 Å². The topological polar surface area (TPSA) is 129 Å². The molecule has 3 fully saturated rings. The summed E-state index contributed by atoms with van der Waals surface area (Å²) in [6, 6.07) is 15.7. The number of carbonyl (C=O) groups is 1. The van der Waals surface area contributed by atoms with E-state index in [-0.39, 0.29) is 29.2 Å². The Bertz CT molecular complexity index is 1510. The molecule has 2 aromatic heterocycles. The van der Waals surface area contributed by atoms with Gasteiger partial charge < -0.3 is 14.6 Å². The minimum atomic E-state index is -3.04. The third kappa shape index (κ3) is 5.15. The number of nitriles is 1. The predicted octanol–water partition coefficient (Wildman–Crippen LogP) is 4.08. The number of oxazole rings is 1. The highest BCUT2D eigenvalue weighted by molar-refractivity contribution is 7.91. The zero-order valence-corrected chi connectivity index (χ0v) is 22.5. The molecule has 3 aliphatic rings. The van der Waals surface area contributed by atoms with Crippen LogP contribution in [0.15, 0.2) is 53.1 Å². The number of anilines is 1. The van der Waals surface area contributed by atoms with Gasteiger partial charge in [-0.25, -0.2) is 13.4 Å². The Labute approximate surface area is 228 Å². The average molecular weight is 546 g/mol. The van der Waals surface area contributed by atoms with Gasteiger partial charge >= 0.3 is 0 Å². The van der Waals surface area contributed by atoms with Crippen molar-refractivity contribution in [1.82, 2.24) is 15.3 Å². The lowest BCUT2D eigenvalue weighted by Crippen LogP contribution is -2.42. The van der Waals surface area contributed by atoms with Crippen molar-refractivity contribution in [1.29, 1.82) is 5.26 Å². The van der Waals surface area contributed by atoms with E-state index in [2.05, 4.69) is 21.3 Å². The van der Waals surface area contributed by atoms with Gasteiger partial charge in [-0.1, -0.05) is 37.1 Å². The maximum Gasteiger partial charge on any atom is 0.245 e. The van der Waals surface area contributed by atoms with Crippen LogP contribution in [0.25, 0.3) is 22.8 Å². The van der Waals surface area contributed by atoms with Crippen LogP contribution in [0.4, 0.5) is 5.69 Å². The van der Waals surface area contributed by atoms with E-state index in [0.29, 0.717) is 55.4 Å². The molecule has 0 spiro atoms. The molecule has 202 valence electrons. The van der Waals surface area contributed by atoms with Gasteiger partial charge in [0.25, 0.3) is 0 Å². The standard InChI is InChI=1S/C29H31N5O4S/c30-19-29(12-13-29)33-27(35)21-8-2-1-7-20(21)26-25(32-28(38-26)23-10-5-6-14-31-23)22-9-3-4-11-24(22)34-15-17-39(36,37)18-16-34/h3-6,9-11,14,20-21H,1-2,7-8,12-13,15-18H2,(H,33,35)/t20-,21-/m1/s1. The molecular formula is C29H31N5O4S. The fraction of sp³-hybridized carbons (Fsp3) is 0.448. The molecule has 1 aromatic carbocycles. The molecule has 39 heavy (non-hydrogen) atoms. The largest absolute Gasteiger partial charge is 0.439 e. The van der Waals surface area contributed by atoms with Gasteiger partial charge in [-0.3, -0.25) is 9.78 Å². The Morgan fingerprint density at radius 1 is 1.08 bits per heavy atom. The van der Waals surface area contributed by atoms with E-state index in [0.717, 1.165) is 30.5 Å². The molecule has 2 saturated carbocycles. The van der Waals surface area contributed by atoms with Crippen LogP contribution in [-0.4, -0.2) is 54.4 Å². The first-order valence-electron chi connectivity index (χ1n) is 13.6. The lowest BCUT2D eigenvalue weighted by Gasteiger charge is -2.32. The summed E-state index contributed by atoms with van der Waals surface area (Å²) in [7, 11) is -3.04. The van der Waals surface area contributed by atoms with E-state index in [1.54, 1.807) is 6.20 Å². The number of hydrogen-bond donors (Lipinski definition) is 1. The van der Waals surface area contributed by atoms with Gasteiger partial charge in [-0.2, -0.15) is 5.26 Å². The number of aromatic nitrogens is 2. The summed E-state index contributed by atoms with van der Waals surface area (Å²) < 4.78 is 30.7. The number of para-hydroxylation sites is 1. The second-order valence-electron chi connectivity index (χ2n) is 10.8. The van der Waals surface area contributed by atoms with Crippen LogP contribution >= 0.6 is 0 Å². The van der Waals surface area contributed by atoms with Gasteiger partial charge in [0.1, 0.15) is 22.7 Å². The summed E-state index contributed by atoms with van der Waals surface area (Å²) in [6.45, 7) is 0.814. The summed E-state index contributed by atoms with van der Waals surface area (Å²) in [5.74, 6) is 0.611. The van der Waals surface area contributed by atoms with Crippen LogP contribution in [-0.2, 0) is 14.6 Å². The summed E-state index contributed by atoms with van der Waals surface area (Å²) in [4.78, 5) is 25.0. The van der Waals surface area contributed by atoms with Gasteiger partial charge in [-0.05, 0) is 43.9 Å². The van der Waals surface area contributed by atoms with Gasteiger partial charge in [0.15, 0.2) is 9.84 Å². The van der Waals surface area contributed by atoms with Gasteiger partial charge in [0, 0.05) is 42.4 Å². The fourth-order valence-electron chi connectivity index (χ4n) is 5.75. The molecule has 2 aliphatic carbocycles. The first kappa shape index (κ1) is 25.6. The van der Waals surface area contributed by atoms with Gasteiger partial charge in [-0.15, -0.1) is 0 Å². The predicted molar refractivity (Wildman–Crippen MR) is 146 cm³/mol. The molecule has 2 atom stereocenters. The molecule has 9 nitrogen and oxygen atoms in total. The third-order valence-electron chi connectivity index (χ3n) is 8.15. The number of amides is 1. The molecule has 3 heterocycles. The van der Waals surface area contributed by atoms with E-state index < -0.39 is 15.4 Å². The van der Waals surface area contributed by atoms with Crippen LogP contribution < -0.4 is 10.2 Å². The lowest BCUT2D eigenvalue weighted by molar-refractivity contribution is -0.127. The van der Waals surface area contributed by atoms with Crippen molar-refractivity contribution in [2.75, 3.05) is 29.5 Å². The zero-order valence-electron chi connectivity index (χ0n) is 21.7. The molecular weight excluding hydrogens is 514 g/mol. The highest BCUT2D eigenvalue weighted by atomic mass is 32.2. The van der Waals surface area contributed by atoms with Crippen LogP contribution in [0.1, 0.15) is 50.2 Å². The quantitative estimate of drug-likeness (QED) is 0.490. The monoisotopic (exact) mass is 545 g/mol. The van der Waals surface area contributed by atoms with E-state index in [1.165, 1.54) is 0 Å². The number of nitrogens with one attached hydrogen (secondary N) is 1. The van der Waals surface area contributed by atoms with E-state index >= 15 is 0 Å². The van der Waals surface area contributed by atoms with Crippen molar-refractivity contribution in [3.05, 3.63) is 54.4 Å². The number of hydrogen-bond acceptors (Lipinski definition) is 8. The zero-order chi connectivity index (χ0) is 27.0. The molecule has 1 amide bonds. The summed E-state index contributed by atoms with van der Waals surface area (Å²) in [5.41, 5.74) is 2.27. The Balaban J connectivity index is 1.43. The molecule has 6 rings (SSSR count). The second kappa shape index (κ2) is 10.1. The van der Waals surface area contributed by atoms with E-state index in [4.69, 9.17) is 9.40 Å².